The molecule has 0 spiro atoms. The number of aldehydes is 1. The van der Waals surface area contributed by atoms with Crippen LogP contribution in [0.15, 0.2) is 151 Å². The molecule has 0 fully saturated rings. The zero-order chi connectivity index (χ0) is 63.0. The molecule has 6 aromatic carbocycles. The number of hydrogen-bond acceptors (Lipinski definition) is 14. The molecular weight excluding hydrogens is 1290 g/mol. The number of ketones is 4. The van der Waals surface area contributed by atoms with E-state index < -0.39 is 113 Å². The van der Waals surface area contributed by atoms with Crippen molar-refractivity contribution in [2.75, 3.05) is 0 Å². The van der Waals surface area contributed by atoms with Crippen LogP contribution in [-0.4, -0.2) is 96.4 Å². The number of carboxylic acids is 3. The number of halogens is 7. The molecule has 0 bridgehead atoms. The van der Waals surface area contributed by atoms with E-state index in [-0.39, 0.29) is 43.7 Å². The second kappa shape index (κ2) is 30.5. The summed E-state index contributed by atoms with van der Waals surface area (Å²) in [4.78, 5) is 106. The molecule has 3 aromatic heterocycles. The summed E-state index contributed by atoms with van der Waals surface area (Å²) in [7, 11) is 5.17. The molecule has 0 saturated carbocycles. The molecule has 0 saturated heterocycles. The van der Waals surface area contributed by atoms with Crippen molar-refractivity contribution in [3.05, 3.63) is 262 Å². The third-order valence-corrected chi connectivity index (χ3v) is 12.5. The second-order valence-corrected chi connectivity index (χ2v) is 19.7. The third-order valence-electron chi connectivity index (χ3n) is 11.3. The number of aromatic carboxylic acids is 3. The van der Waals surface area contributed by atoms with E-state index in [1.54, 1.807) is 35.8 Å². The maximum absolute atomic E-state index is 14.7. The van der Waals surface area contributed by atoms with Gasteiger partial charge in [-0.2, -0.15) is 0 Å². The Morgan fingerprint density at radius 3 is 1.26 bits per heavy atom. The zero-order valence-corrected chi connectivity index (χ0v) is 48.6. The van der Waals surface area contributed by atoms with Crippen molar-refractivity contribution in [2.45, 2.75) is 6.10 Å². The van der Waals surface area contributed by atoms with Gasteiger partial charge in [0.15, 0.2) is 23.6 Å². The molecule has 1 unspecified atom stereocenters. The van der Waals surface area contributed by atoms with E-state index in [0.29, 0.717) is 20.8 Å². The van der Waals surface area contributed by atoms with E-state index in [0.717, 1.165) is 36.6 Å². The first kappa shape index (κ1) is 66.7. The van der Waals surface area contributed by atoms with E-state index in [9.17, 15) is 66.8 Å². The molecule has 0 aliphatic heterocycles. The summed E-state index contributed by atoms with van der Waals surface area (Å²) >= 11 is 18.8. The normalized spacial score (nSPS) is 10.6. The van der Waals surface area contributed by atoms with Crippen molar-refractivity contribution < 1.29 is 94.4 Å². The van der Waals surface area contributed by atoms with Crippen LogP contribution in [-0.2, 0) is 43.6 Å². The number of hydrogen-bond donors (Lipinski definition) is 4. The molecule has 4 N–H and O–H groups in total. The number of carbonyl (C=O) groups is 8. The minimum absolute atomic E-state index is 0.0174. The average molecular weight is 1330 g/mol. The van der Waals surface area contributed by atoms with Crippen molar-refractivity contribution >= 4 is 98.1 Å². The summed E-state index contributed by atoms with van der Waals surface area (Å²) in [6, 6.07) is 23.1. The molecule has 9 aromatic rings. The van der Waals surface area contributed by atoms with Crippen molar-refractivity contribution in [1.82, 2.24) is 28.7 Å². The molecule has 1 atom stereocenters. The Morgan fingerprint density at radius 1 is 0.518 bits per heavy atom. The van der Waals surface area contributed by atoms with Crippen molar-refractivity contribution in [3.63, 3.8) is 0 Å². The van der Waals surface area contributed by atoms with Crippen LogP contribution in [0, 0.1) is 17.5 Å². The first-order chi connectivity index (χ1) is 40.2. The molecule has 0 radical (unpaired) electrons. The van der Waals surface area contributed by atoms with Gasteiger partial charge in [-0.1, -0.05) is 50.7 Å². The Bertz CT molecular complexity index is 4060. The Hall–Kier alpha value is -9.07. The molecule has 28 heteroatoms. The molecular formula is C57H39BrCl3F3MnN6O14. The van der Waals surface area contributed by atoms with Gasteiger partial charge < -0.3 is 34.1 Å². The first-order valence-corrected chi connectivity index (χ1v) is 26.4. The first-order valence-electron chi connectivity index (χ1n) is 23.5. The molecule has 9 rings (SSSR count). The van der Waals surface area contributed by atoms with Crippen molar-refractivity contribution in [2.24, 2.45) is 21.1 Å². The average Bonchev–Trinajstić information content (AvgIpc) is 4.30. The number of rotatable bonds is 14. The Labute approximate surface area is 507 Å². The van der Waals surface area contributed by atoms with Crippen molar-refractivity contribution in [3.8, 4) is 0 Å². The number of imidazole rings is 3. The van der Waals surface area contributed by atoms with E-state index in [2.05, 4.69) is 30.9 Å². The zero-order valence-electron chi connectivity index (χ0n) is 43.6. The van der Waals surface area contributed by atoms with E-state index in [1.807, 2.05) is 7.05 Å². The SMILES string of the molecule is Cn1cnc(C(=O)c2cc(F)c(C(=O)c3ccc(Cl)cc3)c(C(=O)O)c2)c1.Cn1cnc(C(O)c2cc(F)c(C(=O)c3ccc(Cl)cc3)c(C(=O)O)c2)c1.Cn1cnc(C=O)c1.O=C(O)c1cc(Br)cc(F)c1C(=O)c1ccc(Cl)cc1.[O]=[Mn]=[O]. The summed E-state index contributed by atoms with van der Waals surface area (Å²) in [6.45, 7) is 0. The summed E-state index contributed by atoms with van der Waals surface area (Å²) in [6.07, 6.45) is 8.42. The number of carbonyl (C=O) groups excluding carboxylic acids is 5. The monoisotopic (exact) mass is 1330 g/mol. The molecule has 437 valence electrons. The Morgan fingerprint density at radius 2 is 0.894 bits per heavy atom. The predicted molar refractivity (Wildman–Crippen MR) is 296 cm³/mol. The number of nitrogens with zero attached hydrogens (tertiary/aromatic N) is 6. The van der Waals surface area contributed by atoms with Gasteiger partial charge in [0.05, 0.1) is 58.1 Å². The fraction of sp³-hybridized carbons (Fsp3) is 0.0702. The summed E-state index contributed by atoms with van der Waals surface area (Å²) in [5.41, 5.74) is -2.37. The number of benzene rings is 6. The third kappa shape index (κ3) is 17.7. The van der Waals surface area contributed by atoms with Gasteiger partial charge in [0.25, 0.3) is 0 Å². The van der Waals surface area contributed by atoms with Gasteiger partial charge in [0.1, 0.15) is 34.9 Å². The van der Waals surface area contributed by atoms with Crippen LogP contribution in [0.2, 0.25) is 15.1 Å². The van der Waals surface area contributed by atoms with Gasteiger partial charge in [-0.05, 0) is 115 Å². The summed E-state index contributed by atoms with van der Waals surface area (Å²) < 4.78 is 65.3. The predicted octanol–water partition coefficient (Wildman–Crippen LogP) is 10.8. The van der Waals surface area contributed by atoms with Crippen LogP contribution in [0.4, 0.5) is 13.2 Å². The number of aromatic nitrogens is 6. The van der Waals surface area contributed by atoms with Crippen LogP contribution in [0.25, 0.3) is 0 Å². The molecule has 0 amide bonds. The molecule has 85 heavy (non-hydrogen) atoms. The summed E-state index contributed by atoms with van der Waals surface area (Å²) in [5.74, 6) is -10.4. The van der Waals surface area contributed by atoms with Crippen LogP contribution in [0.1, 0.15) is 123 Å². The van der Waals surface area contributed by atoms with Gasteiger partial charge in [0.2, 0.25) is 5.78 Å². The van der Waals surface area contributed by atoms with Gasteiger partial charge in [-0.15, -0.1) is 0 Å². The molecule has 3 heterocycles. The van der Waals surface area contributed by atoms with Crippen molar-refractivity contribution in [1.29, 1.82) is 0 Å². The number of carboxylic acid groups (broad SMARTS) is 3. The van der Waals surface area contributed by atoms with E-state index in [1.165, 1.54) is 108 Å². The quantitative estimate of drug-likeness (QED) is 0.0447. The Balaban J connectivity index is 0.000000215. The van der Waals surface area contributed by atoms with Gasteiger partial charge in [-0.25, -0.2) is 42.5 Å². The number of aliphatic hydroxyl groups excluding tert-OH is 1. The second-order valence-electron chi connectivity index (χ2n) is 17.3. The van der Waals surface area contributed by atoms with Crippen LogP contribution in [0.3, 0.4) is 0 Å². The molecule has 0 aliphatic rings. The fourth-order valence-electron chi connectivity index (χ4n) is 7.45. The van der Waals surface area contributed by atoms with Crippen LogP contribution in [0.5, 0.6) is 0 Å². The number of aryl methyl sites for hydroxylation is 3. The van der Waals surface area contributed by atoms with Gasteiger partial charge in [-0.3, -0.25) is 24.0 Å². The summed E-state index contributed by atoms with van der Waals surface area (Å²) in [5, 5.41) is 39.6. The van der Waals surface area contributed by atoms with Gasteiger partial charge >= 0.3 is 40.4 Å². The Kier molecular flexibility index (Phi) is 23.9. The standard InChI is InChI=1S/C19H14ClFN2O4.C19H12ClFN2O4.C14H7BrClFO3.C5H6N2O.Mn.2O/c2*1-23-8-15(22-9-23)17(24)11-6-13(19(26)27)16(14(21)7-11)18(25)10-2-4-12(20)5-3-10;15-8-5-10(14(19)20)12(11(17)6-8)13(18)7-1-3-9(16)4-2-7;1-7-2-5(3-8)6-4-7;;;/h2-9,17,24H,1H3,(H,26,27);2-9H,1H3,(H,26,27);1-6H,(H,19,20);2-4H,1H3;;;. The fourth-order valence-corrected chi connectivity index (χ4v) is 8.26. The minimum atomic E-state index is -1.53. The van der Waals surface area contributed by atoms with Crippen LogP contribution >= 0.6 is 50.7 Å². The van der Waals surface area contributed by atoms with E-state index in [4.69, 9.17) is 47.6 Å². The maximum atomic E-state index is 14.7. The van der Waals surface area contributed by atoms with Gasteiger partial charge in [0, 0.05) is 81.5 Å². The number of aliphatic hydroxyl groups is 1. The topological polar surface area (TPSA) is 305 Å². The molecule has 0 aliphatic carbocycles. The molecule has 20 nitrogen and oxygen atoms in total. The van der Waals surface area contributed by atoms with E-state index >= 15 is 0 Å². The van der Waals surface area contributed by atoms with Crippen LogP contribution < -0.4 is 0 Å².